The fraction of sp³-hybridized carbons (Fsp3) is 0.429. The number of aryl methyl sites for hydroxylation is 1. The predicted molar refractivity (Wildman–Crippen MR) is 175 cm³/mol. The fourth-order valence-electron chi connectivity index (χ4n) is 6.50. The van der Waals surface area contributed by atoms with Crippen LogP contribution in [0.3, 0.4) is 0 Å². The van der Waals surface area contributed by atoms with Crippen LogP contribution in [0.15, 0.2) is 60.7 Å². The summed E-state index contributed by atoms with van der Waals surface area (Å²) in [6, 6.07) is 19.2. The van der Waals surface area contributed by atoms with Gasteiger partial charge in [-0.3, -0.25) is 9.59 Å². The van der Waals surface area contributed by atoms with Crippen LogP contribution in [0.5, 0.6) is 5.75 Å². The average Bonchev–Trinajstić information content (AvgIpc) is 3.18. The predicted octanol–water partition coefficient (Wildman–Crippen LogP) is 6.85. The third-order valence-corrected chi connectivity index (χ3v) is 9.30. The van der Waals surface area contributed by atoms with Gasteiger partial charge in [-0.25, -0.2) is 0 Å². The molecule has 2 heterocycles. The zero-order valence-electron chi connectivity index (χ0n) is 25.7. The Morgan fingerprint density at radius 3 is 2.47 bits per heavy atom. The lowest BCUT2D eigenvalue weighted by Gasteiger charge is -2.35. The molecule has 43 heavy (non-hydrogen) atoms. The van der Waals surface area contributed by atoms with Crippen LogP contribution in [0.2, 0.25) is 5.02 Å². The van der Waals surface area contributed by atoms with E-state index in [1.54, 1.807) is 31.4 Å². The van der Waals surface area contributed by atoms with Crippen LogP contribution >= 0.6 is 11.6 Å². The molecule has 0 radical (unpaired) electrons. The molecular formula is C35H43ClN4O3. The van der Waals surface area contributed by atoms with Crippen molar-refractivity contribution in [1.29, 1.82) is 0 Å². The fourth-order valence-corrected chi connectivity index (χ4v) is 6.68. The number of carbonyl (C=O) groups excluding carboxylic acids is 2. The van der Waals surface area contributed by atoms with E-state index in [4.69, 9.17) is 16.3 Å². The van der Waals surface area contributed by atoms with E-state index in [0.717, 1.165) is 55.7 Å². The number of halogens is 1. The number of benzene rings is 3. The number of hydrogen-bond acceptors (Lipinski definition) is 5. The average molecular weight is 603 g/mol. The topological polar surface area (TPSA) is 65.1 Å². The quantitative estimate of drug-likeness (QED) is 0.305. The highest BCUT2D eigenvalue weighted by atomic mass is 35.5. The van der Waals surface area contributed by atoms with Crippen molar-refractivity contribution >= 4 is 34.8 Å². The van der Waals surface area contributed by atoms with Crippen molar-refractivity contribution in [1.82, 2.24) is 9.80 Å². The van der Waals surface area contributed by atoms with Crippen molar-refractivity contribution in [2.45, 2.75) is 51.0 Å². The van der Waals surface area contributed by atoms with E-state index in [0.29, 0.717) is 46.1 Å². The van der Waals surface area contributed by atoms with Crippen LogP contribution < -0.4 is 15.0 Å². The number of hydrogen-bond donors (Lipinski definition) is 1. The van der Waals surface area contributed by atoms with Gasteiger partial charge in [-0.05, 0) is 126 Å². The van der Waals surface area contributed by atoms with Gasteiger partial charge in [0.2, 0.25) is 0 Å². The van der Waals surface area contributed by atoms with Crippen LogP contribution in [-0.4, -0.2) is 75.0 Å². The Labute approximate surface area is 260 Å². The smallest absolute Gasteiger partial charge is 0.262 e. The third kappa shape index (κ3) is 7.23. The van der Waals surface area contributed by atoms with Gasteiger partial charge in [-0.2, -0.15) is 0 Å². The van der Waals surface area contributed by atoms with E-state index in [1.807, 2.05) is 48.2 Å². The number of amides is 2. The summed E-state index contributed by atoms with van der Waals surface area (Å²) in [6.07, 6.45) is 5.36. The molecule has 0 bridgehead atoms. The van der Waals surface area contributed by atoms with E-state index < -0.39 is 0 Å². The van der Waals surface area contributed by atoms with Crippen LogP contribution in [0.4, 0.5) is 11.4 Å². The molecular weight excluding hydrogens is 560 g/mol. The Hall–Kier alpha value is -3.39. The van der Waals surface area contributed by atoms with Crippen molar-refractivity contribution in [3.05, 3.63) is 87.9 Å². The second-order valence-corrected chi connectivity index (χ2v) is 12.4. The molecule has 7 nitrogen and oxygen atoms in total. The molecule has 0 aliphatic carbocycles. The van der Waals surface area contributed by atoms with Gasteiger partial charge in [0.1, 0.15) is 5.75 Å². The van der Waals surface area contributed by atoms with E-state index in [-0.39, 0.29) is 11.8 Å². The number of ether oxygens (including phenoxy) is 1. The van der Waals surface area contributed by atoms with Gasteiger partial charge in [-0.1, -0.05) is 29.8 Å². The number of rotatable bonds is 8. The molecule has 0 spiro atoms. The first kappa shape index (κ1) is 31.0. The summed E-state index contributed by atoms with van der Waals surface area (Å²) in [7, 11) is 5.90. The van der Waals surface area contributed by atoms with Crippen molar-refractivity contribution < 1.29 is 14.3 Å². The van der Waals surface area contributed by atoms with Crippen molar-refractivity contribution in [2.24, 2.45) is 0 Å². The third-order valence-electron chi connectivity index (χ3n) is 9.06. The minimum absolute atomic E-state index is 0.122. The number of anilines is 2. The van der Waals surface area contributed by atoms with Gasteiger partial charge in [-0.15, -0.1) is 0 Å². The second kappa shape index (κ2) is 13.9. The molecule has 228 valence electrons. The highest BCUT2D eigenvalue weighted by Crippen LogP contribution is 2.39. The summed E-state index contributed by atoms with van der Waals surface area (Å²) in [4.78, 5) is 33.8. The molecule has 8 heteroatoms. The Kier molecular flexibility index (Phi) is 10.1. The normalized spacial score (nSPS) is 17.8. The molecule has 5 rings (SSSR count). The monoisotopic (exact) mass is 602 g/mol. The first-order valence-electron chi connectivity index (χ1n) is 15.3. The standard InChI is InChI=1S/C35H43ClN4O3/c1-24-8-5-6-10-29(24)34(41)37-27-12-13-30(33(23-27)43-4)35(42)40-18-7-9-25(31-22-26(36)11-14-32(31)40)15-19-39-20-16-28(17-21-39)38(2)3/h5-6,8,10-14,22-23,25,28H,7,9,15-21H2,1-4H3,(H,37,41). The van der Waals surface area contributed by atoms with Crippen molar-refractivity contribution in [3.63, 3.8) is 0 Å². The van der Waals surface area contributed by atoms with Crippen LogP contribution in [0.1, 0.15) is 69.9 Å². The minimum Gasteiger partial charge on any atom is -0.496 e. The SMILES string of the molecule is COc1cc(NC(=O)c2ccccc2C)ccc1C(=O)N1CCCC(CCN2CCC(N(C)C)CC2)c2cc(Cl)ccc21. The van der Waals surface area contributed by atoms with E-state index in [1.165, 1.54) is 12.8 Å². The molecule has 0 saturated carbocycles. The summed E-state index contributed by atoms with van der Waals surface area (Å²) in [5.74, 6) is 0.429. The summed E-state index contributed by atoms with van der Waals surface area (Å²) < 4.78 is 5.67. The van der Waals surface area contributed by atoms with Gasteiger partial charge < -0.3 is 24.8 Å². The maximum Gasteiger partial charge on any atom is 0.262 e. The van der Waals surface area contributed by atoms with Crippen LogP contribution in [0.25, 0.3) is 0 Å². The maximum absolute atomic E-state index is 14.1. The van der Waals surface area contributed by atoms with Gasteiger partial charge >= 0.3 is 0 Å². The first-order valence-corrected chi connectivity index (χ1v) is 15.7. The lowest BCUT2D eigenvalue weighted by molar-refractivity contribution is 0.0983. The molecule has 1 unspecified atom stereocenters. The zero-order valence-corrected chi connectivity index (χ0v) is 26.5. The molecule has 2 aliphatic heterocycles. The van der Waals surface area contributed by atoms with E-state index in [9.17, 15) is 9.59 Å². The van der Waals surface area contributed by atoms with Crippen LogP contribution in [-0.2, 0) is 0 Å². The van der Waals surface area contributed by atoms with Crippen molar-refractivity contribution in [3.8, 4) is 5.75 Å². The summed E-state index contributed by atoms with van der Waals surface area (Å²) in [6.45, 7) is 5.83. The number of carbonyl (C=O) groups is 2. The van der Waals surface area contributed by atoms with Crippen molar-refractivity contribution in [2.75, 3.05) is 57.6 Å². The molecule has 1 fully saturated rings. The zero-order chi connectivity index (χ0) is 30.5. The van der Waals surface area contributed by atoms with Gasteiger partial charge in [0, 0.05) is 40.6 Å². The molecule has 3 aromatic rings. The first-order chi connectivity index (χ1) is 20.7. The highest BCUT2D eigenvalue weighted by Gasteiger charge is 2.30. The number of piperidine rings is 1. The number of likely N-dealkylation sites (tertiary alicyclic amines) is 1. The van der Waals surface area contributed by atoms with E-state index in [2.05, 4.69) is 29.2 Å². The lowest BCUT2D eigenvalue weighted by atomic mass is 9.90. The molecule has 1 N–H and O–H groups in total. The second-order valence-electron chi connectivity index (χ2n) is 12.0. The van der Waals surface area contributed by atoms with Gasteiger partial charge in [0.05, 0.1) is 12.7 Å². The minimum atomic E-state index is -0.203. The van der Waals surface area contributed by atoms with Gasteiger partial charge in [0.15, 0.2) is 0 Å². The summed E-state index contributed by atoms with van der Waals surface area (Å²) >= 11 is 6.52. The number of methoxy groups -OCH3 is 1. The molecule has 0 aromatic heterocycles. The maximum atomic E-state index is 14.1. The lowest BCUT2D eigenvalue weighted by Crippen LogP contribution is -2.42. The van der Waals surface area contributed by atoms with Crippen LogP contribution in [0, 0.1) is 6.92 Å². The van der Waals surface area contributed by atoms with E-state index >= 15 is 0 Å². The molecule has 3 aromatic carbocycles. The largest absolute Gasteiger partial charge is 0.496 e. The summed E-state index contributed by atoms with van der Waals surface area (Å²) in [5.41, 5.74) is 4.59. The molecule has 2 aliphatic rings. The Morgan fingerprint density at radius 1 is 0.977 bits per heavy atom. The summed E-state index contributed by atoms with van der Waals surface area (Å²) in [5, 5.41) is 3.63. The molecule has 2 amide bonds. The Morgan fingerprint density at radius 2 is 1.74 bits per heavy atom. The Bertz CT molecular complexity index is 1450. The number of nitrogens with zero attached hydrogens (tertiary/aromatic N) is 3. The van der Waals surface area contributed by atoms with Gasteiger partial charge in [0.25, 0.3) is 11.8 Å². The number of nitrogens with one attached hydrogen (secondary N) is 1. The molecule has 1 atom stereocenters. The Balaban J connectivity index is 1.33. The highest BCUT2D eigenvalue weighted by molar-refractivity contribution is 6.30. The molecule has 1 saturated heterocycles. The number of fused-ring (bicyclic) bond motifs is 1.